The van der Waals surface area contributed by atoms with Crippen molar-refractivity contribution in [3.05, 3.63) is 40.3 Å². The Morgan fingerprint density at radius 3 is 2.23 bits per heavy atom. The Balaban J connectivity index is 1.88. The predicted molar refractivity (Wildman–Crippen MR) is 101 cm³/mol. The largest absolute Gasteiger partial charge is 0.494 e. The molecule has 0 spiro atoms. The second-order valence-corrected chi connectivity index (χ2v) is 6.78. The average molecular weight is 377 g/mol. The predicted octanol–water partition coefficient (Wildman–Crippen LogP) is 3.96. The van der Waals surface area contributed by atoms with Crippen molar-refractivity contribution >= 4 is 28.2 Å². The molecule has 1 amide bonds. The minimum Gasteiger partial charge on any atom is -0.494 e. The van der Waals surface area contributed by atoms with Gasteiger partial charge in [0.2, 0.25) is 5.91 Å². The summed E-state index contributed by atoms with van der Waals surface area (Å²) >= 11 is 1.36. The van der Waals surface area contributed by atoms with Crippen molar-refractivity contribution < 1.29 is 23.8 Å². The number of amides is 1. The Bertz CT molecular complexity index is 767. The maximum atomic E-state index is 12.4. The van der Waals surface area contributed by atoms with Crippen LogP contribution in [0.2, 0.25) is 0 Å². The van der Waals surface area contributed by atoms with Crippen molar-refractivity contribution in [1.29, 1.82) is 0 Å². The van der Waals surface area contributed by atoms with Crippen LogP contribution in [0.25, 0.3) is 0 Å². The van der Waals surface area contributed by atoms with Crippen LogP contribution in [0.4, 0.5) is 5.00 Å². The number of benzene rings is 1. The average Bonchev–Trinajstić information content (AvgIpc) is 2.86. The van der Waals surface area contributed by atoms with Crippen LogP contribution < -0.4 is 14.8 Å². The lowest BCUT2D eigenvalue weighted by Crippen LogP contribution is -2.15. The monoisotopic (exact) mass is 377 g/mol. The molecule has 0 saturated heterocycles. The summed E-state index contributed by atoms with van der Waals surface area (Å²) in [4.78, 5) is 24.6. The third kappa shape index (κ3) is 5.23. The molecule has 0 aliphatic carbocycles. The normalized spacial score (nSPS) is 10.3. The molecule has 0 bridgehead atoms. The van der Waals surface area contributed by atoms with Gasteiger partial charge in [-0.1, -0.05) is 0 Å². The van der Waals surface area contributed by atoms with Crippen molar-refractivity contribution in [2.75, 3.05) is 25.1 Å². The van der Waals surface area contributed by atoms with Crippen LogP contribution in [0.15, 0.2) is 24.3 Å². The zero-order valence-corrected chi connectivity index (χ0v) is 16.2. The number of esters is 1. The van der Waals surface area contributed by atoms with Gasteiger partial charge in [-0.25, -0.2) is 4.79 Å². The molecular weight excluding hydrogens is 354 g/mol. The summed E-state index contributed by atoms with van der Waals surface area (Å²) in [5.41, 5.74) is 1.22. The van der Waals surface area contributed by atoms with E-state index < -0.39 is 5.97 Å². The number of carbonyl (C=O) groups is 2. The van der Waals surface area contributed by atoms with Crippen molar-refractivity contribution in [3.63, 3.8) is 0 Å². The lowest BCUT2D eigenvalue weighted by molar-refractivity contribution is -0.114. The summed E-state index contributed by atoms with van der Waals surface area (Å²) in [7, 11) is 0. The summed E-state index contributed by atoms with van der Waals surface area (Å²) in [5, 5.41) is 3.20. The molecule has 6 nitrogen and oxygen atoms in total. The lowest BCUT2D eigenvalue weighted by Gasteiger charge is -2.09. The number of hydrogen-bond donors (Lipinski definition) is 1. The van der Waals surface area contributed by atoms with Crippen LogP contribution >= 0.6 is 11.3 Å². The Morgan fingerprint density at radius 2 is 1.65 bits per heavy atom. The molecule has 1 heterocycles. The van der Waals surface area contributed by atoms with Crippen LogP contribution in [0.5, 0.6) is 11.5 Å². The first-order valence-electron chi connectivity index (χ1n) is 8.32. The molecule has 0 atom stereocenters. The highest BCUT2D eigenvalue weighted by Gasteiger charge is 2.21. The second kappa shape index (κ2) is 9.24. The van der Waals surface area contributed by atoms with Crippen LogP contribution in [-0.4, -0.2) is 31.7 Å². The van der Waals surface area contributed by atoms with E-state index in [-0.39, 0.29) is 19.1 Å². The molecule has 1 aromatic carbocycles. The molecule has 7 heteroatoms. The van der Waals surface area contributed by atoms with Crippen molar-refractivity contribution in [3.8, 4) is 11.5 Å². The van der Waals surface area contributed by atoms with Crippen molar-refractivity contribution in [2.45, 2.75) is 27.7 Å². The van der Waals surface area contributed by atoms with Gasteiger partial charge in [0.15, 0.2) is 0 Å². The highest BCUT2D eigenvalue weighted by Crippen LogP contribution is 2.33. The maximum Gasteiger partial charge on any atom is 0.341 e. The van der Waals surface area contributed by atoms with E-state index in [9.17, 15) is 9.59 Å². The number of rotatable bonds is 8. The molecule has 0 fully saturated rings. The van der Waals surface area contributed by atoms with E-state index >= 15 is 0 Å². The van der Waals surface area contributed by atoms with E-state index in [1.54, 1.807) is 12.1 Å². The summed E-state index contributed by atoms with van der Waals surface area (Å²) in [6.45, 7) is 8.02. The summed E-state index contributed by atoms with van der Waals surface area (Å²) in [5.74, 6) is 0.760. The minimum absolute atomic E-state index is 0.111. The summed E-state index contributed by atoms with van der Waals surface area (Å²) in [6, 6.07) is 7.24. The van der Waals surface area contributed by atoms with E-state index in [4.69, 9.17) is 14.2 Å². The number of anilines is 1. The second-order valence-electron chi connectivity index (χ2n) is 5.56. The minimum atomic E-state index is -0.467. The number of ether oxygens (including phenoxy) is 3. The Kier molecular flexibility index (Phi) is 7.03. The number of thiophene rings is 1. The van der Waals surface area contributed by atoms with E-state index in [0.29, 0.717) is 22.9 Å². The van der Waals surface area contributed by atoms with Gasteiger partial charge in [0.05, 0.1) is 12.2 Å². The molecule has 2 rings (SSSR count). The molecule has 26 heavy (non-hydrogen) atoms. The molecule has 0 saturated carbocycles. The highest BCUT2D eigenvalue weighted by atomic mass is 32.1. The smallest absolute Gasteiger partial charge is 0.341 e. The third-order valence-electron chi connectivity index (χ3n) is 3.60. The lowest BCUT2D eigenvalue weighted by atomic mass is 10.1. The van der Waals surface area contributed by atoms with Gasteiger partial charge in [-0.3, -0.25) is 4.79 Å². The molecule has 0 radical (unpaired) electrons. The molecule has 1 N–H and O–H groups in total. The van der Waals surface area contributed by atoms with Crippen LogP contribution in [0, 0.1) is 13.8 Å². The van der Waals surface area contributed by atoms with Gasteiger partial charge < -0.3 is 19.5 Å². The number of nitrogens with one attached hydrogen (secondary N) is 1. The van der Waals surface area contributed by atoms with E-state index in [2.05, 4.69) is 5.32 Å². The van der Waals surface area contributed by atoms with Gasteiger partial charge in [-0.05, 0) is 50.6 Å². The van der Waals surface area contributed by atoms with Gasteiger partial charge in [0.25, 0.3) is 0 Å². The molecule has 1 aromatic heterocycles. The number of aryl methyl sites for hydroxylation is 1. The van der Waals surface area contributed by atoms with Gasteiger partial charge in [-0.15, -0.1) is 11.3 Å². The summed E-state index contributed by atoms with van der Waals surface area (Å²) in [6.07, 6.45) is 0. The molecule has 140 valence electrons. The van der Waals surface area contributed by atoms with E-state index in [1.807, 2.05) is 32.9 Å². The fourth-order valence-electron chi connectivity index (χ4n) is 2.29. The molecule has 0 aliphatic heterocycles. The van der Waals surface area contributed by atoms with Crippen LogP contribution in [-0.2, 0) is 9.53 Å². The first-order valence-corrected chi connectivity index (χ1v) is 9.14. The van der Waals surface area contributed by atoms with Crippen LogP contribution in [0.3, 0.4) is 0 Å². The first kappa shape index (κ1) is 19.8. The maximum absolute atomic E-state index is 12.4. The van der Waals surface area contributed by atoms with Gasteiger partial charge in [0.1, 0.15) is 29.7 Å². The molecule has 0 aliphatic rings. The zero-order chi connectivity index (χ0) is 19.1. The highest BCUT2D eigenvalue weighted by molar-refractivity contribution is 7.16. The fourth-order valence-corrected chi connectivity index (χ4v) is 3.38. The van der Waals surface area contributed by atoms with Crippen LogP contribution in [0.1, 0.15) is 34.6 Å². The quantitative estimate of drug-likeness (QED) is 0.557. The standard InChI is InChI=1S/C19H23NO5S/c1-5-23-15-6-8-16(9-7-15)24-10-11-25-19(22)17-12(2)13(3)26-18(17)20-14(4)21/h6-9H,5,10-11H2,1-4H3,(H,20,21). The topological polar surface area (TPSA) is 73.9 Å². The van der Waals surface area contributed by atoms with Gasteiger partial charge in [-0.2, -0.15) is 0 Å². The Hall–Kier alpha value is -2.54. The SMILES string of the molecule is CCOc1ccc(OCCOC(=O)c2c(NC(C)=O)sc(C)c2C)cc1. The van der Waals surface area contributed by atoms with Gasteiger partial charge in [0, 0.05) is 11.8 Å². The van der Waals surface area contributed by atoms with Gasteiger partial charge >= 0.3 is 5.97 Å². The fraction of sp³-hybridized carbons (Fsp3) is 0.368. The Morgan fingerprint density at radius 1 is 1.04 bits per heavy atom. The van der Waals surface area contributed by atoms with Crippen molar-refractivity contribution in [1.82, 2.24) is 0 Å². The van der Waals surface area contributed by atoms with E-state index in [1.165, 1.54) is 18.3 Å². The molecule has 0 unspecified atom stereocenters. The molecular formula is C19H23NO5S. The third-order valence-corrected chi connectivity index (χ3v) is 4.72. The van der Waals surface area contributed by atoms with E-state index in [0.717, 1.165) is 16.2 Å². The number of hydrogen-bond acceptors (Lipinski definition) is 6. The molecule has 2 aromatic rings. The van der Waals surface area contributed by atoms with Crippen molar-refractivity contribution in [2.24, 2.45) is 0 Å². The number of carbonyl (C=O) groups excluding carboxylic acids is 2. The summed E-state index contributed by atoms with van der Waals surface area (Å²) < 4.78 is 16.2. The first-order chi connectivity index (χ1) is 12.4. The Labute approximate surface area is 157 Å². The zero-order valence-electron chi connectivity index (χ0n) is 15.4.